The molecule has 2 heterocycles. The van der Waals surface area contributed by atoms with Crippen LogP contribution >= 0.6 is 15.9 Å². The zero-order chi connectivity index (χ0) is 20.4. The van der Waals surface area contributed by atoms with Crippen LogP contribution in [0.3, 0.4) is 0 Å². The second-order valence-corrected chi connectivity index (χ2v) is 9.70. The van der Waals surface area contributed by atoms with Gasteiger partial charge in [-0.3, -0.25) is 14.3 Å². The van der Waals surface area contributed by atoms with Crippen molar-refractivity contribution in [2.24, 2.45) is 23.0 Å². The fourth-order valence-corrected chi connectivity index (χ4v) is 6.59. The van der Waals surface area contributed by atoms with Gasteiger partial charge in [0.25, 0.3) is 5.91 Å². The number of anilines is 1. The Hall–Kier alpha value is -2.23. The molecule has 2 aromatic heterocycles. The van der Waals surface area contributed by atoms with E-state index in [2.05, 4.69) is 36.4 Å². The van der Waals surface area contributed by atoms with Crippen LogP contribution in [0.1, 0.15) is 55.9 Å². The van der Waals surface area contributed by atoms with Gasteiger partial charge in [0.15, 0.2) is 5.69 Å². The number of nitrogens with one attached hydrogen (secondary N) is 1. The highest BCUT2D eigenvalue weighted by atomic mass is 79.9. The van der Waals surface area contributed by atoms with Crippen LogP contribution in [0.2, 0.25) is 0 Å². The van der Waals surface area contributed by atoms with Crippen molar-refractivity contribution in [1.82, 2.24) is 24.5 Å². The lowest BCUT2D eigenvalue weighted by Crippen LogP contribution is -2.60. The highest BCUT2D eigenvalue weighted by molar-refractivity contribution is 9.10. The zero-order valence-electron chi connectivity index (χ0n) is 16.3. The van der Waals surface area contributed by atoms with E-state index in [-0.39, 0.29) is 17.1 Å². The van der Waals surface area contributed by atoms with Gasteiger partial charge >= 0.3 is 0 Å². The van der Waals surface area contributed by atoms with Gasteiger partial charge in [-0.1, -0.05) is 0 Å². The van der Waals surface area contributed by atoms with Crippen LogP contribution in [0.5, 0.6) is 0 Å². The Kier molecular flexibility index (Phi) is 4.13. The van der Waals surface area contributed by atoms with Gasteiger partial charge < -0.3 is 11.1 Å². The molecular weight excluding hydrogens is 438 g/mol. The third-order valence-corrected chi connectivity index (χ3v) is 7.39. The maximum Gasteiger partial charge on any atom is 0.271 e. The lowest BCUT2D eigenvalue weighted by molar-refractivity contribution is -0.150. The summed E-state index contributed by atoms with van der Waals surface area (Å²) >= 11 is 3.35. The van der Waals surface area contributed by atoms with E-state index in [1.807, 2.05) is 11.6 Å². The van der Waals surface area contributed by atoms with E-state index < -0.39 is 11.3 Å². The molecule has 10 heteroatoms. The Balaban J connectivity index is 1.47. The Bertz CT molecular complexity index is 983. The summed E-state index contributed by atoms with van der Waals surface area (Å²) < 4.78 is 4.16. The second-order valence-electron chi connectivity index (χ2n) is 8.99. The second kappa shape index (κ2) is 6.38. The Morgan fingerprint density at radius 2 is 2.00 bits per heavy atom. The molecule has 29 heavy (non-hydrogen) atoms. The first-order chi connectivity index (χ1) is 13.8. The fraction of sp³-hybridized carbons (Fsp3) is 0.632. The topological polar surface area (TPSA) is 121 Å². The standard InChI is InChI=1S/C19H24BrN7O2/c1-2-26-8-13(14(24-26)15(21)28)23-16(29)18-4-11-3-12(5-18)7-19(6-11,9-18)27-10-22-17(20)25-27/h8,10-12H,2-7,9H2,1H3,(H2,21,28)(H,23,29). The van der Waals surface area contributed by atoms with Crippen LogP contribution in [0.15, 0.2) is 17.3 Å². The van der Waals surface area contributed by atoms with Crippen molar-refractivity contribution >= 4 is 33.4 Å². The van der Waals surface area contributed by atoms with Crippen molar-refractivity contribution in [3.63, 3.8) is 0 Å². The minimum absolute atomic E-state index is 0.0340. The lowest BCUT2D eigenvalue weighted by atomic mass is 9.46. The molecule has 0 aromatic carbocycles. The Morgan fingerprint density at radius 1 is 1.28 bits per heavy atom. The fourth-order valence-electron chi connectivity index (χ4n) is 6.33. The summed E-state index contributed by atoms with van der Waals surface area (Å²) in [7, 11) is 0. The van der Waals surface area contributed by atoms with E-state index in [0.717, 1.165) is 32.1 Å². The normalized spacial score (nSPS) is 32.5. The van der Waals surface area contributed by atoms with Crippen LogP contribution in [0.25, 0.3) is 0 Å². The number of primary amides is 1. The number of carbonyl (C=O) groups is 2. The van der Waals surface area contributed by atoms with Gasteiger partial charge in [0.1, 0.15) is 6.33 Å². The summed E-state index contributed by atoms with van der Waals surface area (Å²) in [5.41, 5.74) is 5.35. The van der Waals surface area contributed by atoms with E-state index in [0.29, 0.717) is 28.8 Å². The van der Waals surface area contributed by atoms with Crippen molar-refractivity contribution in [1.29, 1.82) is 0 Å². The highest BCUT2D eigenvalue weighted by Gasteiger charge is 2.61. The molecule has 0 aliphatic heterocycles. The van der Waals surface area contributed by atoms with E-state index in [9.17, 15) is 9.59 Å². The third-order valence-electron chi connectivity index (χ3n) is 7.03. The molecule has 4 aliphatic rings. The first-order valence-electron chi connectivity index (χ1n) is 10.1. The third kappa shape index (κ3) is 2.91. The SMILES string of the molecule is CCn1cc(NC(=O)C23CC4CC(C2)CC(n2cnc(Br)n2)(C4)C3)c(C(N)=O)n1. The number of amides is 2. The summed E-state index contributed by atoms with van der Waals surface area (Å²) in [4.78, 5) is 29.6. The van der Waals surface area contributed by atoms with Crippen LogP contribution in [0, 0.1) is 17.3 Å². The minimum Gasteiger partial charge on any atom is -0.364 e. The molecule has 2 unspecified atom stereocenters. The van der Waals surface area contributed by atoms with Crippen LogP contribution in [-0.2, 0) is 16.9 Å². The van der Waals surface area contributed by atoms with Crippen molar-refractivity contribution < 1.29 is 9.59 Å². The Morgan fingerprint density at radius 3 is 2.59 bits per heavy atom. The summed E-state index contributed by atoms with van der Waals surface area (Å²) in [6, 6.07) is 0. The summed E-state index contributed by atoms with van der Waals surface area (Å²) in [5, 5.41) is 11.7. The minimum atomic E-state index is -0.637. The number of aryl methyl sites for hydroxylation is 1. The van der Waals surface area contributed by atoms with Gasteiger partial charge in [-0.25, -0.2) is 9.67 Å². The van der Waals surface area contributed by atoms with Gasteiger partial charge in [0.05, 0.1) is 16.6 Å². The van der Waals surface area contributed by atoms with Crippen molar-refractivity contribution in [2.75, 3.05) is 5.32 Å². The van der Waals surface area contributed by atoms with Gasteiger partial charge in [-0.2, -0.15) is 5.10 Å². The predicted octanol–water partition coefficient (Wildman–Crippen LogP) is 2.29. The lowest BCUT2D eigenvalue weighted by Gasteiger charge is -2.60. The number of aromatic nitrogens is 5. The molecule has 2 aromatic rings. The number of nitrogens with zero attached hydrogens (tertiary/aromatic N) is 5. The first kappa shape index (κ1) is 18.8. The maximum absolute atomic E-state index is 13.6. The number of carbonyl (C=O) groups excluding carboxylic acids is 2. The molecule has 4 aliphatic carbocycles. The molecule has 2 atom stereocenters. The molecular formula is C19H24BrN7O2. The average Bonchev–Trinajstić information content (AvgIpc) is 3.27. The van der Waals surface area contributed by atoms with Crippen LogP contribution < -0.4 is 11.1 Å². The molecule has 0 radical (unpaired) electrons. The predicted molar refractivity (Wildman–Crippen MR) is 108 cm³/mol. The molecule has 0 spiro atoms. The molecule has 4 saturated carbocycles. The van der Waals surface area contributed by atoms with E-state index >= 15 is 0 Å². The number of rotatable bonds is 5. The molecule has 4 bridgehead atoms. The quantitative estimate of drug-likeness (QED) is 0.707. The smallest absolute Gasteiger partial charge is 0.271 e. The number of hydrogen-bond acceptors (Lipinski definition) is 5. The van der Waals surface area contributed by atoms with Gasteiger partial charge in [0.2, 0.25) is 10.6 Å². The maximum atomic E-state index is 13.6. The summed E-state index contributed by atoms with van der Waals surface area (Å²) in [6.07, 6.45) is 9.20. The first-order valence-corrected chi connectivity index (χ1v) is 10.9. The van der Waals surface area contributed by atoms with Crippen molar-refractivity contribution in [3.05, 3.63) is 23.0 Å². The van der Waals surface area contributed by atoms with E-state index in [1.54, 1.807) is 17.2 Å². The number of nitrogens with two attached hydrogens (primary N) is 1. The molecule has 6 rings (SSSR count). The molecule has 154 valence electrons. The number of halogens is 1. The van der Waals surface area contributed by atoms with Crippen molar-refractivity contribution in [3.8, 4) is 0 Å². The summed E-state index contributed by atoms with van der Waals surface area (Å²) in [6.45, 7) is 2.51. The van der Waals surface area contributed by atoms with E-state index in [4.69, 9.17) is 5.73 Å². The van der Waals surface area contributed by atoms with Crippen LogP contribution in [-0.4, -0.2) is 36.4 Å². The van der Waals surface area contributed by atoms with Crippen LogP contribution in [0.4, 0.5) is 5.69 Å². The number of hydrogen-bond donors (Lipinski definition) is 2. The van der Waals surface area contributed by atoms with Gasteiger partial charge in [-0.15, -0.1) is 5.10 Å². The van der Waals surface area contributed by atoms with Crippen molar-refractivity contribution in [2.45, 2.75) is 57.5 Å². The molecule has 3 N–H and O–H groups in total. The monoisotopic (exact) mass is 461 g/mol. The highest BCUT2D eigenvalue weighted by Crippen LogP contribution is 2.64. The molecule has 0 saturated heterocycles. The molecule has 9 nitrogen and oxygen atoms in total. The zero-order valence-corrected chi connectivity index (χ0v) is 17.9. The summed E-state index contributed by atoms with van der Waals surface area (Å²) in [5.74, 6) is 0.327. The van der Waals surface area contributed by atoms with E-state index in [1.165, 1.54) is 6.42 Å². The van der Waals surface area contributed by atoms with Gasteiger partial charge in [0, 0.05) is 12.7 Å². The average molecular weight is 462 g/mol. The Labute approximate surface area is 176 Å². The van der Waals surface area contributed by atoms with Gasteiger partial charge in [-0.05, 0) is 73.2 Å². The largest absolute Gasteiger partial charge is 0.364 e. The molecule has 2 amide bonds. The molecule has 4 fully saturated rings.